The summed E-state index contributed by atoms with van der Waals surface area (Å²) >= 11 is 0. The van der Waals surface area contributed by atoms with Crippen molar-refractivity contribution in [2.75, 3.05) is 0 Å². The average Bonchev–Trinajstić information content (AvgIpc) is 3.45. The van der Waals surface area contributed by atoms with E-state index in [-0.39, 0.29) is 0 Å². The van der Waals surface area contributed by atoms with Gasteiger partial charge in [0, 0.05) is 22.3 Å². The molecule has 0 unspecified atom stereocenters. The number of phosphoric ester groups is 1. The van der Waals surface area contributed by atoms with Gasteiger partial charge in [-0.05, 0) is 126 Å². The highest BCUT2D eigenvalue weighted by Gasteiger charge is 2.39. The summed E-state index contributed by atoms with van der Waals surface area (Å²) in [6.45, 7) is 4.21. The molecule has 1 aliphatic heterocycles. The topological polar surface area (TPSA) is 55.8 Å². The highest BCUT2D eigenvalue weighted by Crippen LogP contribution is 2.63. The van der Waals surface area contributed by atoms with Crippen molar-refractivity contribution in [3.63, 3.8) is 0 Å². The van der Waals surface area contributed by atoms with E-state index in [2.05, 4.69) is 147 Å². The van der Waals surface area contributed by atoms with E-state index in [1.807, 2.05) is 72.8 Å². The molecule has 0 aromatic heterocycles. The fraction of sp³-hybridized carbons (Fsp3) is 0.0345. The zero-order valence-corrected chi connectivity index (χ0v) is 35.6. The summed E-state index contributed by atoms with van der Waals surface area (Å²) < 4.78 is 28.0. The maximum absolute atomic E-state index is 14.9. The van der Waals surface area contributed by atoms with E-state index < -0.39 is 7.82 Å². The molecule has 5 heteroatoms. The number of benzene rings is 10. The summed E-state index contributed by atoms with van der Waals surface area (Å²) in [5.41, 5.74) is 15.0. The van der Waals surface area contributed by atoms with E-state index in [0.29, 0.717) is 33.8 Å². The van der Waals surface area contributed by atoms with E-state index in [1.165, 1.54) is 0 Å². The van der Waals surface area contributed by atoms with Gasteiger partial charge in [-0.25, -0.2) is 4.57 Å². The second-order valence-electron chi connectivity index (χ2n) is 16.2. The van der Waals surface area contributed by atoms with Gasteiger partial charge >= 0.3 is 7.82 Å². The van der Waals surface area contributed by atoms with Crippen LogP contribution < -0.4 is 9.05 Å². The highest BCUT2D eigenvalue weighted by atomic mass is 31.2. The van der Waals surface area contributed by atoms with E-state index in [0.717, 1.165) is 88.3 Å². The molecule has 0 bridgehead atoms. The number of phosphoric acid groups is 1. The maximum atomic E-state index is 14.9. The minimum atomic E-state index is -4.86. The highest BCUT2D eigenvalue weighted by molar-refractivity contribution is 7.48. The summed E-state index contributed by atoms with van der Waals surface area (Å²) in [6.07, 6.45) is 0. The van der Waals surface area contributed by atoms with Crippen molar-refractivity contribution in [2.45, 2.75) is 13.8 Å². The standard InChI is InChI=1S/C58H41O4P/c1-37-31-45(39-19-7-3-8-20-39)35-49(41-23-11-5-12-24-41)53(37)51-33-43-27-15-17-29-47(43)55-56-48-30-18-16-28-44(48)34-52(58(56)62-63(59,60)61-57(51)55)54-38(2)32-46(40-21-9-4-10-22-40)36-50(54)42-25-13-6-14-26-42/h3-36H,1-2H3,(H,59,60). The number of rotatable bonds is 6. The van der Waals surface area contributed by atoms with Gasteiger partial charge in [0.2, 0.25) is 0 Å². The molecular weight excluding hydrogens is 792 g/mol. The molecule has 1 heterocycles. The smallest absolute Gasteiger partial charge is 0.394 e. The molecule has 10 aromatic rings. The molecule has 0 fully saturated rings. The fourth-order valence-corrected chi connectivity index (χ4v) is 10.4. The van der Waals surface area contributed by atoms with Gasteiger partial charge in [0.1, 0.15) is 11.5 Å². The van der Waals surface area contributed by atoms with Gasteiger partial charge in [0.25, 0.3) is 0 Å². The first-order valence-corrected chi connectivity index (χ1v) is 22.7. The molecule has 0 amide bonds. The SMILES string of the molecule is Cc1cc(-c2ccccc2)cc(-c2ccccc2)c1-c1cc2ccccc2c2c1OP(=O)(O)Oc1c(-c3c(C)cc(-c4ccccc4)cc3-c3ccccc3)cc3ccccc3c1-2. The lowest BCUT2D eigenvalue weighted by Gasteiger charge is -2.22. The predicted octanol–water partition coefficient (Wildman–Crippen LogP) is 16.2. The fourth-order valence-electron chi connectivity index (χ4n) is 9.54. The Labute approximate surface area is 366 Å². The van der Waals surface area contributed by atoms with Crippen LogP contribution >= 0.6 is 7.82 Å². The molecule has 1 N–H and O–H groups in total. The molecule has 1 aliphatic rings. The van der Waals surface area contributed by atoms with Gasteiger partial charge in [-0.15, -0.1) is 0 Å². The molecule has 4 nitrogen and oxygen atoms in total. The van der Waals surface area contributed by atoms with Crippen LogP contribution in [0, 0.1) is 13.8 Å². The molecule has 10 aromatic carbocycles. The van der Waals surface area contributed by atoms with Gasteiger partial charge in [-0.1, -0.05) is 182 Å². The number of aryl methyl sites for hydroxylation is 2. The normalized spacial score (nSPS) is 12.8. The first-order valence-electron chi connectivity index (χ1n) is 21.2. The van der Waals surface area contributed by atoms with Crippen molar-refractivity contribution in [1.82, 2.24) is 0 Å². The van der Waals surface area contributed by atoms with Gasteiger partial charge in [0.05, 0.1) is 0 Å². The summed E-state index contributed by atoms with van der Waals surface area (Å²) in [4.78, 5) is 12.1. The summed E-state index contributed by atoms with van der Waals surface area (Å²) in [7, 11) is -4.86. The summed E-state index contributed by atoms with van der Waals surface area (Å²) in [5, 5.41) is 3.68. The second kappa shape index (κ2) is 15.4. The Hall–Kier alpha value is -7.49. The molecule has 302 valence electrons. The second-order valence-corrected chi connectivity index (χ2v) is 17.5. The molecule has 11 rings (SSSR count). The van der Waals surface area contributed by atoms with E-state index in [4.69, 9.17) is 9.05 Å². The van der Waals surface area contributed by atoms with Crippen LogP contribution in [-0.2, 0) is 4.57 Å². The largest absolute Gasteiger partial charge is 0.584 e. The van der Waals surface area contributed by atoms with Crippen molar-refractivity contribution in [3.05, 3.63) is 217 Å². The lowest BCUT2D eigenvalue weighted by atomic mass is 9.82. The zero-order chi connectivity index (χ0) is 42.7. The number of hydrogen-bond donors (Lipinski definition) is 1. The Kier molecular flexibility index (Phi) is 9.43. The lowest BCUT2D eigenvalue weighted by Crippen LogP contribution is -2.01. The van der Waals surface area contributed by atoms with Crippen LogP contribution in [0.5, 0.6) is 11.5 Å². The van der Waals surface area contributed by atoms with Crippen LogP contribution in [0.2, 0.25) is 0 Å². The molecule has 0 saturated heterocycles. The van der Waals surface area contributed by atoms with Crippen molar-refractivity contribution >= 4 is 29.4 Å². The minimum Gasteiger partial charge on any atom is -0.394 e. The van der Waals surface area contributed by atoms with Crippen LogP contribution in [0.15, 0.2) is 206 Å². The third-order valence-corrected chi connectivity index (χ3v) is 13.1. The van der Waals surface area contributed by atoms with Crippen molar-refractivity contribution < 1.29 is 18.5 Å². The predicted molar refractivity (Wildman–Crippen MR) is 260 cm³/mol. The Balaban J connectivity index is 1.27. The molecule has 0 aliphatic carbocycles. The van der Waals surface area contributed by atoms with Gasteiger partial charge in [-0.3, -0.25) is 4.89 Å². The Morgan fingerprint density at radius 2 is 0.683 bits per heavy atom. The first kappa shape index (κ1) is 38.4. The zero-order valence-electron chi connectivity index (χ0n) is 34.7. The minimum absolute atomic E-state index is 0.299. The van der Waals surface area contributed by atoms with Crippen LogP contribution in [0.4, 0.5) is 0 Å². The Morgan fingerprint density at radius 3 is 1.06 bits per heavy atom. The third-order valence-electron chi connectivity index (χ3n) is 12.3. The van der Waals surface area contributed by atoms with Gasteiger partial charge in [-0.2, -0.15) is 0 Å². The monoisotopic (exact) mass is 832 g/mol. The van der Waals surface area contributed by atoms with Crippen LogP contribution in [0.1, 0.15) is 11.1 Å². The summed E-state index contributed by atoms with van der Waals surface area (Å²) in [6, 6.07) is 70.8. The van der Waals surface area contributed by atoms with E-state index in [1.54, 1.807) is 0 Å². The van der Waals surface area contributed by atoms with Crippen LogP contribution in [0.3, 0.4) is 0 Å². The quantitative estimate of drug-likeness (QED) is 0.170. The van der Waals surface area contributed by atoms with Crippen molar-refractivity contribution in [2.24, 2.45) is 0 Å². The Bertz CT molecular complexity index is 3210. The van der Waals surface area contributed by atoms with Crippen LogP contribution in [-0.4, -0.2) is 4.89 Å². The molecule has 63 heavy (non-hydrogen) atoms. The van der Waals surface area contributed by atoms with E-state index in [9.17, 15) is 9.46 Å². The van der Waals surface area contributed by atoms with E-state index >= 15 is 0 Å². The van der Waals surface area contributed by atoms with Crippen molar-refractivity contribution in [1.29, 1.82) is 0 Å². The maximum Gasteiger partial charge on any atom is 0.584 e. The third kappa shape index (κ3) is 6.81. The molecule has 0 spiro atoms. The molecule has 0 saturated carbocycles. The van der Waals surface area contributed by atoms with Gasteiger partial charge in [0.15, 0.2) is 0 Å². The van der Waals surface area contributed by atoms with Crippen molar-refractivity contribution in [3.8, 4) is 89.4 Å². The molecule has 0 atom stereocenters. The molecular formula is C58H41O4P. The number of hydrogen-bond acceptors (Lipinski definition) is 3. The Morgan fingerprint density at radius 1 is 0.349 bits per heavy atom. The summed E-state index contributed by atoms with van der Waals surface area (Å²) in [5.74, 6) is 0.598. The lowest BCUT2D eigenvalue weighted by molar-refractivity contribution is 0.295. The molecule has 0 radical (unpaired) electrons. The van der Waals surface area contributed by atoms with Gasteiger partial charge < -0.3 is 9.05 Å². The number of fused-ring (bicyclic) bond motifs is 7. The average molecular weight is 833 g/mol. The van der Waals surface area contributed by atoms with Crippen LogP contribution in [0.25, 0.3) is 99.4 Å². The first-order chi connectivity index (χ1) is 30.8.